The van der Waals surface area contributed by atoms with Crippen molar-refractivity contribution in [2.75, 3.05) is 17.7 Å². The van der Waals surface area contributed by atoms with Crippen LogP contribution < -0.4 is 5.32 Å². The number of imidazole rings is 1. The summed E-state index contributed by atoms with van der Waals surface area (Å²) in [7, 11) is 0. The molecule has 4 rings (SSSR count). The number of amides is 1. The number of carbonyl (C=O) groups is 3. The highest BCUT2D eigenvalue weighted by molar-refractivity contribution is 7.99. The van der Waals surface area contributed by atoms with Gasteiger partial charge >= 0.3 is 5.97 Å². The summed E-state index contributed by atoms with van der Waals surface area (Å²) < 4.78 is 7.24. The number of rotatable bonds is 9. The Morgan fingerprint density at radius 1 is 0.971 bits per heavy atom. The first-order chi connectivity index (χ1) is 16.9. The number of anilines is 1. The summed E-state index contributed by atoms with van der Waals surface area (Å²) in [5.74, 6) is -0.989. The van der Waals surface area contributed by atoms with E-state index < -0.39 is 18.5 Å². The number of carbonyl (C=O) groups excluding carboxylic acids is 3. The first kappa shape index (κ1) is 24.2. The maximum Gasteiger partial charge on any atom is 0.316 e. The fourth-order valence-corrected chi connectivity index (χ4v) is 4.38. The van der Waals surface area contributed by atoms with E-state index in [2.05, 4.69) is 28.9 Å². The van der Waals surface area contributed by atoms with E-state index in [1.54, 1.807) is 24.3 Å². The molecule has 1 N–H and O–H groups in total. The predicted octanol–water partition coefficient (Wildman–Crippen LogP) is 4.87. The Bertz CT molecular complexity index is 1380. The van der Waals surface area contributed by atoms with E-state index in [1.165, 1.54) is 29.8 Å². The number of hydrogen-bond acceptors (Lipinski definition) is 6. The van der Waals surface area contributed by atoms with E-state index in [1.807, 2.05) is 36.4 Å². The lowest BCUT2D eigenvalue weighted by molar-refractivity contribution is -0.144. The van der Waals surface area contributed by atoms with Gasteiger partial charge in [-0.05, 0) is 61.4 Å². The SMILES string of the molecule is CC(=O)c1ccc(NC(=O)COC(=O)CSc2nc3ccccc3n2Cc2ccccc2C)cc1. The molecule has 1 amide bonds. The first-order valence-corrected chi connectivity index (χ1v) is 12.1. The predicted molar refractivity (Wildman–Crippen MR) is 137 cm³/mol. The highest BCUT2D eigenvalue weighted by Gasteiger charge is 2.15. The normalized spacial score (nSPS) is 10.8. The first-order valence-electron chi connectivity index (χ1n) is 11.1. The number of para-hydroxylation sites is 2. The second kappa shape index (κ2) is 11.0. The molecule has 0 atom stereocenters. The van der Waals surface area contributed by atoms with Crippen LogP contribution in [0.25, 0.3) is 11.0 Å². The molecule has 0 fully saturated rings. The van der Waals surface area contributed by atoms with Crippen LogP contribution in [0.2, 0.25) is 0 Å². The van der Waals surface area contributed by atoms with Gasteiger partial charge < -0.3 is 14.6 Å². The lowest BCUT2D eigenvalue weighted by atomic mass is 10.1. The second-order valence-corrected chi connectivity index (χ2v) is 8.97. The fraction of sp³-hybridized carbons (Fsp3) is 0.185. The van der Waals surface area contributed by atoms with Gasteiger partial charge in [-0.3, -0.25) is 14.4 Å². The number of benzene rings is 3. The van der Waals surface area contributed by atoms with Crippen LogP contribution in [-0.4, -0.2) is 39.6 Å². The van der Waals surface area contributed by atoms with Gasteiger partial charge in [-0.1, -0.05) is 48.2 Å². The van der Waals surface area contributed by atoms with E-state index in [9.17, 15) is 14.4 Å². The van der Waals surface area contributed by atoms with Gasteiger partial charge in [0.2, 0.25) is 0 Å². The summed E-state index contributed by atoms with van der Waals surface area (Å²) in [6.45, 7) is 3.78. The van der Waals surface area contributed by atoms with Gasteiger partial charge in [-0.25, -0.2) is 4.98 Å². The van der Waals surface area contributed by atoms with Gasteiger partial charge in [0.15, 0.2) is 17.5 Å². The second-order valence-electron chi connectivity index (χ2n) is 8.03. The topological polar surface area (TPSA) is 90.3 Å². The van der Waals surface area contributed by atoms with Crippen LogP contribution in [0.5, 0.6) is 0 Å². The molecule has 0 bridgehead atoms. The maximum atomic E-state index is 12.3. The van der Waals surface area contributed by atoms with Crippen LogP contribution in [0.15, 0.2) is 78.0 Å². The van der Waals surface area contributed by atoms with Gasteiger partial charge in [0.1, 0.15) is 0 Å². The molecule has 0 unspecified atom stereocenters. The molecule has 0 aliphatic heterocycles. The standard InChI is InChI=1S/C27H25N3O4S/c1-18-7-3-4-8-21(18)15-30-24-10-6-5-9-23(24)29-27(30)35-17-26(33)34-16-25(32)28-22-13-11-20(12-14-22)19(2)31/h3-14H,15-17H2,1-2H3,(H,28,32). The molecular formula is C27H25N3O4S. The molecule has 0 radical (unpaired) electrons. The van der Waals surface area contributed by atoms with Crippen LogP contribution in [0.1, 0.15) is 28.4 Å². The van der Waals surface area contributed by atoms with Crippen molar-refractivity contribution in [1.29, 1.82) is 0 Å². The van der Waals surface area contributed by atoms with E-state index in [0.29, 0.717) is 23.0 Å². The Morgan fingerprint density at radius 3 is 2.43 bits per heavy atom. The largest absolute Gasteiger partial charge is 0.455 e. The summed E-state index contributed by atoms with van der Waals surface area (Å²) in [4.78, 5) is 40.5. The molecule has 178 valence electrons. The average molecular weight is 488 g/mol. The lowest BCUT2D eigenvalue weighted by Crippen LogP contribution is -2.21. The minimum Gasteiger partial charge on any atom is -0.455 e. The maximum absolute atomic E-state index is 12.3. The van der Waals surface area contributed by atoms with Crippen molar-refractivity contribution in [3.63, 3.8) is 0 Å². The molecule has 3 aromatic carbocycles. The number of Topliss-reactive ketones (excluding diaryl/α,β-unsaturated/α-hetero) is 1. The van der Waals surface area contributed by atoms with E-state index in [4.69, 9.17) is 9.72 Å². The fourth-order valence-electron chi connectivity index (χ4n) is 3.57. The van der Waals surface area contributed by atoms with Crippen molar-refractivity contribution in [2.24, 2.45) is 0 Å². The number of aromatic nitrogens is 2. The minimum atomic E-state index is -0.508. The molecule has 1 heterocycles. The zero-order valence-corrected chi connectivity index (χ0v) is 20.3. The molecular weight excluding hydrogens is 462 g/mol. The third-order valence-electron chi connectivity index (χ3n) is 5.47. The van der Waals surface area contributed by atoms with Gasteiger partial charge in [0.25, 0.3) is 5.91 Å². The van der Waals surface area contributed by atoms with Gasteiger partial charge in [-0.15, -0.1) is 0 Å². The van der Waals surface area contributed by atoms with Gasteiger partial charge in [-0.2, -0.15) is 0 Å². The number of hydrogen-bond donors (Lipinski definition) is 1. The van der Waals surface area contributed by atoms with Crippen molar-refractivity contribution < 1.29 is 19.1 Å². The number of nitrogens with one attached hydrogen (secondary N) is 1. The number of fused-ring (bicyclic) bond motifs is 1. The summed E-state index contributed by atoms with van der Waals surface area (Å²) in [6.07, 6.45) is 0. The molecule has 0 saturated heterocycles. The molecule has 0 saturated carbocycles. The lowest BCUT2D eigenvalue weighted by Gasteiger charge is -2.11. The molecule has 4 aromatic rings. The van der Waals surface area contributed by atoms with E-state index in [-0.39, 0.29) is 11.5 Å². The quantitative estimate of drug-likeness (QED) is 0.206. The zero-order valence-electron chi connectivity index (χ0n) is 19.5. The Kier molecular flexibility index (Phi) is 7.62. The Hall–Kier alpha value is -3.91. The monoisotopic (exact) mass is 487 g/mol. The molecule has 35 heavy (non-hydrogen) atoms. The molecule has 1 aromatic heterocycles. The van der Waals surface area contributed by atoms with Crippen molar-refractivity contribution >= 4 is 46.1 Å². The van der Waals surface area contributed by atoms with Crippen LogP contribution >= 0.6 is 11.8 Å². The van der Waals surface area contributed by atoms with Crippen molar-refractivity contribution in [2.45, 2.75) is 25.5 Å². The van der Waals surface area contributed by atoms with Crippen molar-refractivity contribution in [3.8, 4) is 0 Å². The van der Waals surface area contributed by atoms with Crippen LogP contribution in [0, 0.1) is 6.92 Å². The molecule has 7 nitrogen and oxygen atoms in total. The van der Waals surface area contributed by atoms with Crippen molar-refractivity contribution in [1.82, 2.24) is 9.55 Å². The summed E-state index contributed by atoms with van der Waals surface area (Å²) in [5, 5.41) is 3.36. The van der Waals surface area contributed by atoms with E-state index in [0.717, 1.165) is 11.0 Å². The number of ether oxygens (including phenoxy) is 1. The zero-order chi connectivity index (χ0) is 24.8. The molecule has 0 aliphatic rings. The number of thioether (sulfide) groups is 1. The third kappa shape index (κ3) is 6.16. The highest BCUT2D eigenvalue weighted by Crippen LogP contribution is 2.26. The van der Waals surface area contributed by atoms with Gasteiger partial charge in [0.05, 0.1) is 23.3 Å². The Balaban J connectivity index is 1.35. The summed E-state index contributed by atoms with van der Waals surface area (Å²) in [6, 6.07) is 22.5. The van der Waals surface area contributed by atoms with Gasteiger partial charge in [0, 0.05) is 11.3 Å². The molecule has 0 aliphatic carbocycles. The number of esters is 1. The molecule has 8 heteroatoms. The number of nitrogens with zero attached hydrogens (tertiary/aromatic N) is 2. The van der Waals surface area contributed by atoms with Crippen LogP contribution in [-0.2, 0) is 20.9 Å². The third-order valence-corrected chi connectivity index (χ3v) is 6.42. The Morgan fingerprint density at radius 2 is 1.69 bits per heavy atom. The molecule has 0 spiro atoms. The number of aryl methyl sites for hydroxylation is 1. The van der Waals surface area contributed by atoms with Crippen LogP contribution in [0.3, 0.4) is 0 Å². The van der Waals surface area contributed by atoms with Crippen molar-refractivity contribution in [3.05, 3.63) is 89.5 Å². The minimum absolute atomic E-state index is 0.0255. The highest BCUT2D eigenvalue weighted by atomic mass is 32.2. The smallest absolute Gasteiger partial charge is 0.316 e. The Labute approximate surface area is 207 Å². The van der Waals surface area contributed by atoms with Crippen LogP contribution in [0.4, 0.5) is 5.69 Å². The number of ketones is 1. The summed E-state index contributed by atoms with van der Waals surface area (Å²) in [5.41, 5.74) is 5.28. The van der Waals surface area contributed by atoms with E-state index >= 15 is 0 Å². The average Bonchev–Trinajstić information content (AvgIpc) is 3.20. The summed E-state index contributed by atoms with van der Waals surface area (Å²) >= 11 is 1.28.